The van der Waals surface area contributed by atoms with Gasteiger partial charge in [-0.25, -0.2) is 13.4 Å². The van der Waals surface area contributed by atoms with E-state index in [-0.39, 0.29) is 23.9 Å². The molecule has 1 aromatic heterocycles. The smallest absolute Gasteiger partial charge is 0.243 e. The number of aromatic nitrogens is 2. The van der Waals surface area contributed by atoms with Crippen molar-refractivity contribution in [3.05, 3.63) is 59.4 Å². The molecule has 1 saturated heterocycles. The summed E-state index contributed by atoms with van der Waals surface area (Å²) in [5.41, 5.74) is 1.75. The lowest BCUT2D eigenvalue weighted by atomic mass is 9.99. The molecule has 2 aromatic carbocycles. The maximum Gasteiger partial charge on any atom is 0.243 e. The number of fused-ring (bicyclic) bond motifs is 1. The molecular weight excluding hydrogens is 412 g/mol. The standard InChI is InChI=1S/C20H21ClN4O3S/c21-15-7-9-16(10-8-15)29(27,28)25-11-3-4-14(13-25)20(26)22-12-19-23-17-5-1-2-6-18(17)24-19/h1-2,5-10,14H,3-4,11-13H2,(H,22,26)(H,23,24). The number of hydrogen-bond acceptors (Lipinski definition) is 4. The van der Waals surface area contributed by atoms with Gasteiger partial charge in [-0.2, -0.15) is 4.31 Å². The van der Waals surface area contributed by atoms with Crippen LogP contribution in [0.15, 0.2) is 53.4 Å². The summed E-state index contributed by atoms with van der Waals surface area (Å²) in [7, 11) is -3.65. The summed E-state index contributed by atoms with van der Waals surface area (Å²) in [4.78, 5) is 20.4. The number of H-pyrrole nitrogens is 1. The van der Waals surface area contributed by atoms with E-state index >= 15 is 0 Å². The first-order valence-corrected chi connectivity index (χ1v) is 11.2. The Morgan fingerprint density at radius 3 is 2.72 bits per heavy atom. The van der Waals surface area contributed by atoms with Crippen LogP contribution in [0.25, 0.3) is 11.0 Å². The predicted molar refractivity (Wildman–Crippen MR) is 111 cm³/mol. The van der Waals surface area contributed by atoms with Gasteiger partial charge in [-0.3, -0.25) is 4.79 Å². The molecule has 1 unspecified atom stereocenters. The van der Waals surface area contributed by atoms with Gasteiger partial charge in [-0.05, 0) is 49.2 Å². The van der Waals surface area contributed by atoms with Crippen molar-refractivity contribution in [1.29, 1.82) is 0 Å². The number of rotatable bonds is 5. The van der Waals surface area contributed by atoms with Gasteiger partial charge in [-0.15, -0.1) is 0 Å². The third-order valence-electron chi connectivity index (χ3n) is 5.07. The highest BCUT2D eigenvalue weighted by Gasteiger charge is 2.33. The summed E-state index contributed by atoms with van der Waals surface area (Å²) in [5.74, 6) is 0.109. The minimum Gasteiger partial charge on any atom is -0.349 e. The average molecular weight is 433 g/mol. The molecule has 3 aromatic rings. The van der Waals surface area contributed by atoms with Crippen LogP contribution < -0.4 is 5.32 Å². The lowest BCUT2D eigenvalue weighted by Gasteiger charge is -2.31. The maximum atomic E-state index is 12.9. The number of amides is 1. The first-order chi connectivity index (χ1) is 13.9. The lowest BCUT2D eigenvalue weighted by Crippen LogP contribution is -2.45. The number of hydrogen-bond donors (Lipinski definition) is 2. The van der Waals surface area contributed by atoms with E-state index in [9.17, 15) is 13.2 Å². The zero-order chi connectivity index (χ0) is 20.4. The van der Waals surface area contributed by atoms with Gasteiger partial charge >= 0.3 is 0 Å². The molecule has 0 aliphatic carbocycles. The fraction of sp³-hybridized carbons (Fsp3) is 0.300. The highest BCUT2D eigenvalue weighted by Crippen LogP contribution is 2.25. The van der Waals surface area contributed by atoms with Crippen LogP contribution in [0.3, 0.4) is 0 Å². The van der Waals surface area contributed by atoms with Gasteiger partial charge in [0.25, 0.3) is 0 Å². The van der Waals surface area contributed by atoms with E-state index in [1.165, 1.54) is 16.4 Å². The molecule has 0 radical (unpaired) electrons. The first kappa shape index (κ1) is 19.9. The van der Waals surface area contributed by atoms with E-state index in [0.717, 1.165) is 11.0 Å². The van der Waals surface area contributed by atoms with Crippen LogP contribution >= 0.6 is 11.6 Å². The van der Waals surface area contributed by atoms with E-state index in [2.05, 4.69) is 15.3 Å². The summed E-state index contributed by atoms with van der Waals surface area (Å²) in [6, 6.07) is 13.7. The minimum absolute atomic E-state index is 0.164. The second-order valence-electron chi connectivity index (χ2n) is 7.07. The van der Waals surface area contributed by atoms with Crippen LogP contribution in [0.5, 0.6) is 0 Å². The number of aromatic amines is 1. The molecule has 0 spiro atoms. The quantitative estimate of drug-likeness (QED) is 0.648. The van der Waals surface area contributed by atoms with E-state index in [1.54, 1.807) is 12.1 Å². The monoisotopic (exact) mass is 432 g/mol. The molecule has 2 heterocycles. The van der Waals surface area contributed by atoms with Crippen molar-refractivity contribution in [3.8, 4) is 0 Å². The summed E-state index contributed by atoms with van der Waals surface area (Å²) < 4.78 is 27.1. The molecule has 152 valence electrons. The van der Waals surface area contributed by atoms with Crippen LogP contribution in [-0.2, 0) is 21.4 Å². The molecule has 1 fully saturated rings. The highest BCUT2D eigenvalue weighted by molar-refractivity contribution is 7.89. The Labute approximate surface area is 174 Å². The molecule has 0 bridgehead atoms. The Kier molecular flexibility index (Phi) is 5.58. The minimum atomic E-state index is -3.65. The Hall–Kier alpha value is -2.42. The van der Waals surface area contributed by atoms with Gasteiger partial charge in [0, 0.05) is 18.1 Å². The molecule has 1 atom stereocenters. The van der Waals surface area contributed by atoms with Crippen molar-refractivity contribution in [2.75, 3.05) is 13.1 Å². The number of halogens is 1. The van der Waals surface area contributed by atoms with Gasteiger partial charge in [0.1, 0.15) is 5.82 Å². The topological polar surface area (TPSA) is 95.2 Å². The molecule has 9 heteroatoms. The second-order valence-corrected chi connectivity index (χ2v) is 9.45. The largest absolute Gasteiger partial charge is 0.349 e. The molecule has 0 saturated carbocycles. The van der Waals surface area contributed by atoms with E-state index < -0.39 is 15.9 Å². The zero-order valence-electron chi connectivity index (χ0n) is 15.6. The number of benzene rings is 2. The third-order valence-corrected chi connectivity index (χ3v) is 7.21. The second kappa shape index (κ2) is 8.14. The number of para-hydroxylation sites is 2. The van der Waals surface area contributed by atoms with Gasteiger partial charge < -0.3 is 10.3 Å². The van der Waals surface area contributed by atoms with Gasteiger partial charge in [0.15, 0.2) is 0 Å². The van der Waals surface area contributed by atoms with E-state index in [1.807, 2.05) is 24.3 Å². The van der Waals surface area contributed by atoms with Gasteiger partial charge in [0.05, 0.1) is 28.4 Å². The van der Waals surface area contributed by atoms with Crippen molar-refractivity contribution in [2.45, 2.75) is 24.3 Å². The molecule has 29 heavy (non-hydrogen) atoms. The predicted octanol–water partition coefficient (Wildman–Crippen LogP) is 2.93. The molecule has 4 rings (SSSR count). The van der Waals surface area contributed by atoms with Crippen LogP contribution in [-0.4, -0.2) is 41.7 Å². The van der Waals surface area contributed by atoms with Crippen molar-refractivity contribution < 1.29 is 13.2 Å². The summed E-state index contributed by atoms with van der Waals surface area (Å²) in [5, 5.41) is 3.35. The fourth-order valence-electron chi connectivity index (χ4n) is 3.53. The normalized spacial score (nSPS) is 18.0. The average Bonchev–Trinajstić information content (AvgIpc) is 3.15. The van der Waals surface area contributed by atoms with Crippen molar-refractivity contribution in [3.63, 3.8) is 0 Å². The number of nitrogens with one attached hydrogen (secondary N) is 2. The van der Waals surface area contributed by atoms with E-state index in [0.29, 0.717) is 30.2 Å². The van der Waals surface area contributed by atoms with E-state index in [4.69, 9.17) is 11.6 Å². The molecule has 1 aliphatic heterocycles. The number of imidazole rings is 1. The Morgan fingerprint density at radius 1 is 1.21 bits per heavy atom. The number of piperidine rings is 1. The van der Waals surface area contributed by atoms with Crippen LogP contribution in [0.1, 0.15) is 18.7 Å². The Morgan fingerprint density at radius 2 is 1.97 bits per heavy atom. The van der Waals surface area contributed by atoms with Crippen molar-refractivity contribution in [1.82, 2.24) is 19.6 Å². The fourth-order valence-corrected chi connectivity index (χ4v) is 5.18. The van der Waals surface area contributed by atoms with Gasteiger partial charge in [0.2, 0.25) is 15.9 Å². The lowest BCUT2D eigenvalue weighted by molar-refractivity contribution is -0.126. The molecule has 7 nitrogen and oxygen atoms in total. The van der Waals surface area contributed by atoms with Crippen LogP contribution in [0, 0.1) is 5.92 Å². The third kappa shape index (κ3) is 4.29. The zero-order valence-corrected chi connectivity index (χ0v) is 17.2. The number of carbonyl (C=O) groups excluding carboxylic acids is 1. The Bertz CT molecular complexity index is 1100. The molecule has 1 amide bonds. The summed E-state index contributed by atoms with van der Waals surface area (Å²) in [6.45, 7) is 0.836. The first-order valence-electron chi connectivity index (χ1n) is 9.40. The van der Waals surface area contributed by atoms with Crippen molar-refractivity contribution >= 4 is 38.6 Å². The molecular formula is C20H21ClN4O3S. The number of sulfonamides is 1. The number of nitrogens with zero attached hydrogens (tertiary/aromatic N) is 2. The highest BCUT2D eigenvalue weighted by atomic mass is 35.5. The van der Waals surface area contributed by atoms with Crippen LogP contribution in [0.4, 0.5) is 0 Å². The number of carbonyl (C=O) groups is 1. The van der Waals surface area contributed by atoms with Crippen LogP contribution in [0.2, 0.25) is 5.02 Å². The summed E-state index contributed by atoms with van der Waals surface area (Å²) >= 11 is 5.85. The van der Waals surface area contributed by atoms with Crippen molar-refractivity contribution in [2.24, 2.45) is 5.92 Å². The van der Waals surface area contributed by atoms with Gasteiger partial charge in [-0.1, -0.05) is 23.7 Å². The SMILES string of the molecule is O=C(NCc1nc2ccccc2[nH]1)C1CCCN(S(=O)(=O)c2ccc(Cl)cc2)C1. The maximum absolute atomic E-state index is 12.9. The Balaban J connectivity index is 1.40. The molecule has 1 aliphatic rings. The summed E-state index contributed by atoms with van der Waals surface area (Å²) in [6.07, 6.45) is 1.29. The molecule has 2 N–H and O–H groups in total.